The van der Waals surface area contributed by atoms with E-state index >= 15 is 0 Å². The van der Waals surface area contributed by atoms with E-state index in [1.807, 2.05) is 0 Å². The first kappa shape index (κ1) is 31.3. The van der Waals surface area contributed by atoms with Crippen molar-refractivity contribution < 1.29 is 38.3 Å². The number of phosphoric acid groups is 1. The molecule has 0 unspecified atom stereocenters. The number of unbranched alkanes of at least 4 members (excludes halogenated alkanes) is 4. The molecule has 0 radical (unpaired) electrons. The molecule has 1 aromatic rings. The van der Waals surface area contributed by atoms with Gasteiger partial charge in [-0.2, -0.15) is 0 Å². The molecule has 190 valence electrons. The summed E-state index contributed by atoms with van der Waals surface area (Å²) in [5.74, 6) is 0.507. The topological polar surface area (TPSA) is 130 Å². The largest absolute Gasteiger partial charge is 0.466 e. The number of ether oxygens (including phenoxy) is 2. The predicted octanol–water partition coefficient (Wildman–Crippen LogP) is 5.50. The van der Waals surface area contributed by atoms with Crippen LogP contribution >= 0.6 is 7.82 Å². The van der Waals surface area contributed by atoms with Gasteiger partial charge in [-0.25, -0.2) is 14.2 Å². The van der Waals surface area contributed by atoms with Crippen LogP contribution in [-0.2, 0) is 14.0 Å². The Hall–Kier alpha value is -1.73. The van der Waals surface area contributed by atoms with Crippen LogP contribution in [0, 0.1) is 11.8 Å². The minimum atomic E-state index is -4.64. The molecule has 0 saturated heterocycles. The zero-order valence-corrected chi connectivity index (χ0v) is 21.3. The smallest absolute Gasteiger partial charge is 0.462 e. The molecular weight excluding hydrogens is 447 g/mol. The fraction of sp³-hybridized carbons (Fsp3) is 0.667. The van der Waals surface area contributed by atoms with E-state index in [0.717, 1.165) is 38.5 Å². The first-order valence-electron chi connectivity index (χ1n) is 11.6. The monoisotopic (exact) mass is 488 g/mol. The van der Waals surface area contributed by atoms with Gasteiger partial charge in [0.1, 0.15) is 0 Å². The second kappa shape index (κ2) is 17.7. The van der Waals surface area contributed by atoms with Crippen molar-refractivity contribution in [3.8, 4) is 0 Å². The fourth-order valence-electron chi connectivity index (χ4n) is 2.99. The summed E-state index contributed by atoms with van der Waals surface area (Å²) in [5.41, 5.74) is 0.573. The highest BCUT2D eigenvalue weighted by atomic mass is 31.2. The summed E-state index contributed by atoms with van der Waals surface area (Å²) in [6, 6.07) is 6.73. The highest BCUT2D eigenvalue weighted by molar-refractivity contribution is 7.45. The molecule has 3 N–H and O–H groups in total. The van der Waals surface area contributed by atoms with Crippen LogP contribution < -0.4 is 0 Å². The Morgan fingerprint density at radius 2 is 1.06 bits per heavy atom. The summed E-state index contributed by atoms with van der Waals surface area (Å²) >= 11 is 0. The number of carbonyl (C=O) groups is 2. The summed E-state index contributed by atoms with van der Waals surface area (Å²) in [6.07, 6.45) is 8.48. The van der Waals surface area contributed by atoms with Gasteiger partial charge >= 0.3 is 19.8 Å². The van der Waals surface area contributed by atoms with Gasteiger partial charge in [0.15, 0.2) is 0 Å². The van der Waals surface area contributed by atoms with Gasteiger partial charge in [-0.1, -0.05) is 78.4 Å². The van der Waals surface area contributed by atoms with Gasteiger partial charge < -0.3 is 24.2 Å². The molecule has 0 heterocycles. The van der Waals surface area contributed by atoms with E-state index < -0.39 is 19.8 Å². The standard InChI is InChI=1S/C24H38O4.H3O4P/c1-19(2)13-7-5-11-17-27-23(25)21-15-9-10-16-22(21)24(26)28-18-12-6-8-14-20(3)4;1-5(2,3)4/h9-10,15-16,19-20H,5-8,11-14,17-18H2,1-4H3;(H3,1,2,3,4). The molecule has 0 bridgehead atoms. The third kappa shape index (κ3) is 19.4. The van der Waals surface area contributed by atoms with Crippen molar-refractivity contribution in [3.63, 3.8) is 0 Å². The van der Waals surface area contributed by atoms with Gasteiger partial charge in [-0.05, 0) is 36.8 Å². The molecule has 0 atom stereocenters. The maximum atomic E-state index is 12.4. The van der Waals surface area contributed by atoms with Gasteiger partial charge in [-0.15, -0.1) is 0 Å². The van der Waals surface area contributed by atoms with E-state index in [0.29, 0.717) is 25.0 Å². The van der Waals surface area contributed by atoms with Crippen LogP contribution in [0.3, 0.4) is 0 Å². The number of hydrogen-bond donors (Lipinski definition) is 3. The Bertz CT molecular complexity index is 668. The molecule has 1 aromatic carbocycles. The Morgan fingerprint density at radius 3 is 1.36 bits per heavy atom. The molecule has 33 heavy (non-hydrogen) atoms. The summed E-state index contributed by atoms with van der Waals surface area (Å²) in [6.45, 7) is 9.61. The number of hydrogen-bond acceptors (Lipinski definition) is 5. The molecule has 0 aliphatic rings. The molecule has 0 aliphatic carbocycles. The van der Waals surface area contributed by atoms with Crippen LogP contribution in [0.4, 0.5) is 0 Å². The predicted molar refractivity (Wildman–Crippen MR) is 128 cm³/mol. The molecule has 0 aromatic heterocycles. The molecule has 0 saturated carbocycles. The lowest BCUT2D eigenvalue weighted by molar-refractivity contribution is 0.0450. The second-order valence-electron chi connectivity index (χ2n) is 8.82. The van der Waals surface area contributed by atoms with Crippen LogP contribution in [0.15, 0.2) is 24.3 Å². The summed E-state index contributed by atoms with van der Waals surface area (Å²) in [7, 11) is -4.64. The van der Waals surface area contributed by atoms with Crippen LogP contribution in [0.25, 0.3) is 0 Å². The van der Waals surface area contributed by atoms with Crippen LogP contribution in [0.1, 0.15) is 99.8 Å². The van der Waals surface area contributed by atoms with E-state index in [1.165, 1.54) is 12.8 Å². The van der Waals surface area contributed by atoms with E-state index in [4.69, 9.17) is 28.7 Å². The van der Waals surface area contributed by atoms with Crippen molar-refractivity contribution in [2.24, 2.45) is 11.8 Å². The van der Waals surface area contributed by atoms with E-state index in [-0.39, 0.29) is 11.1 Å². The number of benzene rings is 1. The third-order valence-electron chi connectivity index (χ3n) is 4.68. The first-order valence-corrected chi connectivity index (χ1v) is 13.2. The first-order chi connectivity index (χ1) is 15.4. The molecule has 0 spiro atoms. The minimum Gasteiger partial charge on any atom is -0.462 e. The van der Waals surface area contributed by atoms with Gasteiger partial charge in [0.2, 0.25) is 0 Å². The SMILES string of the molecule is CC(C)CCCCCOC(=O)c1ccccc1C(=O)OCCCCCC(C)C.O=P(O)(O)O. The Morgan fingerprint density at radius 1 is 0.727 bits per heavy atom. The van der Waals surface area contributed by atoms with E-state index in [9.17, 15) is 9.59 Å². The zero-order chi connectivity index (χ0) is 25.3. The molecule has 9 heteroatoms. The number of esters is 2. The van der Waals surface area contributed by atoms with Crippen molar-refractivity contribution in [2.45, 2.75) is 79.1 Å². The Balaban J connectivity index is 0.00000184. The van der Waals surface area contributed by atoms with Gasteiger partial charge in [0.05, 0.1) is 24.3 Å². The third-order valence-corrected chi connectivity index (χ3v) is 4.68. The van der Waals surface area contributed by atoms with Crippen molar-refractivity contribution in [2.75, 3.05) is 13.2 Å². The van der Waals surface area contributed by atoms with Crippen molar-refractivity contribution in [3.05, 3.63) is 35.4 Å². The zero-order valence-electron chi connectivity index (χ0n) is 20.4. The van der Waals surface area contributed by atoms with Crippen molar-refractivity contribution in [1.82, 2.24) is 0 Å². The van der Waals surface area contributed by atoms with Gasteiger partial charge in [0.25, 0.3) is 0 Å². The lowest BCUT2D eigenvalue weighted by Gasteiger charge is -2.10. The maximum Gasteiger partial charge on any atom is 0.466 e. The van der Waals surface area contributed by atoms with Crippen LogP contribution in [0.5, 0.6) is 0 Å². The summed E-state index contributed by atoms with van der Waals surface area (Å²) in [4.78, 5) is 46.3. The normalized spacial score (nSPS) is 11.2. The van der Waals surface area contributed by atoms with E-state index in [1.54, 1.807) is 24.3 Å². The molecule has 0 aliphatic heterocycles. The van der Waals surface area contributed by atoms with Crippen LogP contribution in [0.2, 0.25) is 0 Å². The van der Waals surface area contributed by atoms with Crippen molar-refractivity contribution in [1.29, 1.82) is 0 Å². The molecule has 0 fully saturated rings. The van der Waals surface area contributed by atoms with Crippen LogP contribution in [-0.4, -0.2) is 39.8 Å². The quantitative estimate of drug-likeness (QED) is 0.178. The fourth-order valence-corrected chi connectivity index (χ4v) is 2.99. The second-order valence-corrected chi connectivity index (χ2v) is 9.84. The average Bonchev–Trinajstić information content (AvgIpc) is 2.71. The van der Waals surface area contributed by atoms with Gasteiger partial charge in [-0.3, -0.25) is 0 Å². The lowest BCUT2D eigenvalue weighted by Crippen LogP contribution is -2.15. The number of carbonyl (C=O) groups excluding carboxylic acids is 2. The average molecular weight is 489 g/mol. The Kier molecular flexibility index (Phi) is 16.8. The molecular formula is C24H41O8P. The molecule has 8 nitrogen and oxygen atoms in total. The number of rotatable bonds is 14. The van der Waals surface area contributed by atoms with Gasteiger partial charge in [0, 0.05) is 0 Å². The highest BCUT2D eigenvalue weighted by Crippen LogP contribution is 2.25. The van der Waals surface area contributed by atoms with Crippen molar-refractivity contribution >= 4 is 19.8 Å². The highest BCUT2D eigenvalue weighted by Gasteiger charge is 2.18. The molecule has 1 rings (SSSR count). The molecule has 0 amide bonds. The maximum absolute atomic E-state index is 12.4. The lowest BCUT2D eigenvalue weighted by atomic mass is 10.1. The summed E-state index contributed by atoms with van der Waals surface area (Å²) < 4.78 is 19.6. The summed E-state index contributed by atoms with van der Waals surface area (Å²) in [5, 5.41) is 0. The Labute approximate surface area is 197 Å². The minimum absolute atomic E-state index is 0.287. The van der Waals surface area contributed by atoms with E-state index in [2.05, 4.69) is 27.7 Å².